The van der Waals surface area contributed by atoms with Crippen molar-refractivity contribution in [2.24, 2.45) is 0 Å². The first-order valence-electron chi connectivity index (χ1n) is 4.17. The molecule has 0 aliphatic heterocycles. The number of aryl methyl sites for hydroxylation is 1. The number of terminal acetylenes is 1. The van der Waals surface area contributed by atoms with Crippen LogP contribution in [0.1, 0.15) is 5.56 Å². The Kier molecular flexibility index (Phi) is 4.02. The van der Waals surface area contributed by atoms with Gasteiger partial charge in [-0.1, -0.05) is 17.5 Å². The van der Waals surface area contributed by atoms with Crippen molar-refractivity contribution < 1.29 is 14.3 Å². The number of rotatable bonds is 2. The van der Waals surface area contributed by atoms with E-state index in [1.165, 1.54) is 0 Å². The second-order valence-corrected chi connectivity index (χ2v) is 3.19. The summed E-state index contributed by atoms with van der Waals surface area (Å²) in [6, 6.07) is 4.90. The molecule has 78 valence electrons. The lowest BCUT2D eigenvalue weighted by Gasteiger charge is -2.06. The van der Waals surface area contributed by atoms with Gasteiger partial charge in [0.2, 0.25) is 0 Å². The molecule has 0 aromatic heterocycles. The molecule has 0 aliphatic rings. The van der Waals surface area contributed by atoms with Crippen molar-refractivity contribution in [2.75, 3.05) is 6.61 Å². The number of benzene rings is 1. The zero-order valence-corrected chi connectivity index (χ0v) is 8.88. The fraction of sp³-hybridized carbons (Fsp3) is 0.182. The van der Waals surface area contributed by atoms with Gasteiger partial charge in [-0.15, -0.1) is 6.42 Å². The lowest BCUT2D eigenvalue weighted by molar-refractivity contribution is 0.111. The molecule has 0 aliphatic carbocycles. The Labute approximate surface area is 92.9 Å². The third-order valence-corrected chi connectivity index (χ3v) is 1.84. The van der Waals surface area contributed by atoms with Gasteiger partial charge in [0.1, 0.15) is 5.75 Å². The Morgan fingerprint density at radius 1 is 1.60 bits per heavy atom. The monoisotopic (exact) mass is 224 g/mol. The van der Waals surface area contributed by atoms with Crippen LogP contribution in [0.2, 0.25) is 5.02 Å². The van der Waals surface area contributed by atoms with E-state index in [0.29, 0.717) is 10.8 Å². The van der Waals surface area contributed by atoms with Gasteiger partial charge in [-0.05, 0) is 30.7 Å². The van der Waals surface area contributed by atoms with Gasteiger partial charge in [-0.25, -0.2) is 4.79 Å². The minimum atomic E-state index is -0.821. The number of hydrogen-bond acceptors (Lipinski definition) is 3. The van der Waals surface area contributed by atoms with Crippen LogP contribution in [-0.4, -0.2) is 12.8 Å². The molecule has 1 aromatic carbocycles. The van der Waals surface area contributed by atoms with Crippen LogP contribution in [0.3, 0.4) is 0 Å². The van der Waals surface area contributed by atoms with E-state index in [1.54, 1.807) is 25.1 Å². The fourth-order valence-corrected chi connectivity index (χ4v) is 1.17. The summed E-state index contributed by atoms with van der Waals surface area (Å²) >= 11 is 5.74. The lowest BCUT2D eigenvalue weighted by atomic mass is 10.2. The largest absolute Gasteiger partial charge is 0.514 e. The minimum Gasteiger partial charge on any atom is -0.421 e. The fourth-order valence-electron chi connectivity index (χ4n) is 0.947. The molecule has 4 heteroatoms. The van der Waals surface area contributed by atoms with Gasteiger partial charge in [0.05, 0.1) is 0 Å². The molecule has 0 saturated heterocycles. The maximum Gasteiger partial charge on any atom is 0.514 e. The molecular formula is C11H9ClO3. The predicted molar refractivity (Wildman–Crippen MR) is 57.0 cm³/mol. The van der Waals surface area contributed by atoms with Crippen molar-refractivity contribution >= 4 is 17.8 Å². The highest BCUT2D eigenvalue weighted by atomic mass is 35.5. The molecular weight excluding hydrogens is 216 g/mol. The van der Waals surface area contributed by atoms with E-state index in [4.69, 9.17) is 22.8 Å². The smallest absolute Gasteiger partial charge is 0.421 e. The van der Waals surface area contributed by atoms with Crippen molar-refractivity contribution in [2.45, 2.75) is 6.92 Å². The predicted octanol–water partition coefficient (Wildman–Crippen LogP) is 2.80. The first-order valence-corrected chi connectivity index (χ1v) is 4.55. The molecule has 0 bridgehead atoms. The summed E-state index contributed by atoms with van der Waals surface area (Å²) in [4.78, 5) is 11.0. The first-order chi connectivity index (χ1) is 7.13. The highest BCUT2D eigenvalue weighted by molar-refractivity contribution is 6.30. The van der Waals surface area contributed by atoms with Crippen molar-refractivity contribution in [3.8, 4) is 18.1 Å². The van der Waals surface area contributed by atoms with Gasteiger partial charge in [0.25, 0.3) is 0 Å². The standard InChI is InChI=1S/C11H9ClO3/c1-3-6-14-11(13)15-10-5-4-9(12)7-8(10)2/h1,4-5,7H,6H2,2H3. The molecule has 0 heterocycles. The maximum atomic E-state index is 11.0. The molecule has 0 amide bonds. The van der Waals surface area contributed by atoms with E-state index in [1.807, 2.05) is 0 Å². The number of ether oxygens (including phenoxy) is 2. The van der Waals surface area contributed by atoms with Gasteiger partial charge in [0.15, 0.2) is 6.61 Å². The molecule has 0 radical (unpaired) electrons. The minimum absolute atomic E-state index is 0.106. The van der Waals surface area contributed by atoms with Gasteiger partial charge in [-0.3, -0.25) is 0 Å². The average Bonchev–Trinajstić information content (AvgIpc) is 2.19. The summed E-state index contributed by atoms with van der Waals surface area (Å²) in [5.41, 5.74) is 0.750. The second kappa shape index (κ2) is 5.28. The zero-order valence-electron chi connectivity index (χ0n) is 8.12. The van der Waals surface area contributed by atoms with E-state index >= 15 is 0 Å². The number of carbonyl (C=O) groups excluding carboxylic acids is 1. The molecule has 0 atom stereocenters. The Hall–Kier alpha value is -1.66. The summed E-state index contributed by atoms with van der Waals surface area (Å²) in [6.45, 7) is 1.67. The van der Waals surface area contributed by atoms with Crippen molar-refractivity contribution in [1.29, 1.82) is 0 Å². The van der Waals surface area contributed by atoms with Crippen LogP contribution in [0.5, 0.6) is 5.75 Å². The molecule has 0 spiro atoms. The van der Waals surface area contributed by atoms with E-state index in [-0.39, 0.29) is 6.61 Å². The van der Waals surface area contributed by atoms with Gasteiger partial charge < -0.3 is 9.47 Å². The summed E-state index contributed by atoms with van der Waals surface area (Å²) in [7, 11) is 0. The third-order valence-electron chi connectivity index (χ3n) is 1.60. The number of hydrogen-bond donors (Lipinski definition) is 0. The van der Waals surface area contributed by atoms with Gasteiger partial charge in [-0.2, -0.15) is 0 Å². The summed E-state index contributed by atoms with van der Waals surface area (Å²) in [5.74, 6) is 2.57. The highest BCUT2D eigenvalue weighted by Crippen LogP contribution is 2.21. The SMILES string of the molecule is C#CCOC(=O)Oc1ccc(Cl)cc1C. The van der Waals surface area contributed by atoms with E-state index in [0.717, 1.165) is 5.56 Å². The molecule has 0 fully saturated rings. The Morgan fingerprint density at radius 3 is 2.93 bits per heavy atom. The van der Waals surface area contributed by atoms with Crippen LogP contribution >= 0.6 is 11.6 Å². The molecule has 0 saturated carbocycles. The van der Waals surface area contributed by atoms with E-state index in [9.17, 15) is 4.79 Å². The Bertz CT molecular complexity index is 407. The normalized spacial score (nSPS) is 9.13. The Morgan fingerprint density at radius 2 is 2.33 bits per heavy atom. The van der Waals surface area contributed by atoms with E-state index in [2.05, 4.69) is 10.7 Å². The zero-order chi connectivity index (χ0) is 11.3. The second-order valence-electron chi connectivity index (χ2n) is 2.75. The van der Waals surface area contributed by atoms with E-state index < -0.39 is 6.16 Å². The first kappa shape index (κ1) is 11.4. The topological polar surface area (TPSA) is 35.5 Å². The van der Waals surface area contributed by atoms with Crippen molar-refractivity contribution in [3.63, 3.8) is 0 Å². The summed E-state index contributed by atoms with van der Waals surface area (Å²) in [6.07, 6.45) is 4.10. The van der Waals surface area contributed by atoms with Crippen LogP contribution in [0.15, 0.2) is 18.2 Å². The van der Waals surface area contributed by atoms with Crippen LogP contribution in [0, 0.1) is 19.3 Å². The average molecular weight is 225 g/mol. The summed E-state index contributed by atoms with van der Waals surface area (Å²) < 4.78 is 9.44. The molecule has 0 unspecified atom stereocenters. The lowest BCUT2D eigenvalue weighted by Crippen LogP contribution is -2.11. The quantitative estimate of drug-likeness (QED) is 0.440. The van der Waals surface area contributed by atoms with Crippen molar-refractivity contribution in [1.82, 2.24) is 0 Å². The highest BCUT2D eigenvalue weighted by Gasteiger charge is 2.07. The number of carbonyl (C=O) groups is 1. The summed E-state index contributed by atoms with van der Waals surface area (Å²) in [5, 5.41) is 0.580. The molecule has 1 aromatic rings. The van der Waals surface area contributed by atoms with Gasteiger partial charge >= 0.3 is 6.16 Å². The van der Waals surface area contributed by atoms with Crippen molar-refractivity contribution in [3.05, 3.63) is 28.8 Å². The Balaban J connectivity index is 2.65. The number of halogens is 1. The van der Waals surface area contributed by atoms with Crippen LogP contribution < -0.4 is 4.74 Å². The van der Waals surface area contributed by atoms with Crippen LogP contribution in [-0.2, 0) is 4.74 Å². The molecule has 3 nitrogen and oxygen atoms in total. The molecule has 15 heavy (non-hydrogen) atoms. The van der Waals surface area contributed by atoms with Crippen LogP contribution in [0.25, 0.3) is 0 Å². The van der Waals surface area contributed by atoms with Gasteiger partial charge in [0, 0.05) is 5.02 Å². The third kappa shape index (κ3) is 3.53. The maximum absolute atomic E-state index is 11.0. The van der Waals surface area contributed by atoms with Crippen LogP contribution in [0.4, 0.5) is 4.79 Å². The molecule has 1 rings (SSSR count). The molecule has 0 N–H and O–H groups in total.